The number of ether oxygens (including phenoxy) is 1. The number of aliphatic hydroxyl groups is 1. The van der Waals surface area contributed by atoms with Crippen molar-refractivity contribution >= 4 is 34.5 Å². The van der Waals surface area contributed by atoms with Crippen molar-refractivity contribution in [2.45, 2.75) is 31.7 Å². The van der Waals surface area contributed by atoms with Crippen molar-refractivity contribution in [3.05, 3.63) is 50.1 Å². The van der Waals surface area contributed by atoms with E-state index in [2.05, 4.69) is 17.9 Å². The number of aryl methyl sites for hydroxylation is 1. The van der Waals surface area contributed by atoms with Gasteiger partial charge in [0.15, 0.2) is 0 Å². The molecule has 0 fully saturated rings. The van der Waals surface area contributed by atoms with E-state index in [0.717, 1.165) is 17.7 Å². The zero-order valence-corrected chi connectivity index (χ0v) is 16.3. The van der Waals surface area contributed by atoms with E-state index >= 15 is 0 Å². The van der Waals surface area contributed by atoms with Crippen LogP contribution < -0.4 is 10.5 Å². The Kier molecular flexibility index (Phi) is 7.61. The van der Waals surface area contributed by atoms with E-state index in [1.807, 2.05) is 13.0 Å². The number of aliphatic hydroxyl groups excluding tert-OH is 1. The van der Waals surface area contributed by atoms with Gasteiger partial charge >= 0.3 is 0 Å². The molecule has 1 heterocycles. The molecule has 0 spiro atoms. The molecule has 0 radical (unpaired) electrons. The van der Waals surface area contributed by atoms with Gasteiger partial charge in [-0.15, -0.1) is 11.3 Å². The standard InChI is InChI=1S/C19H21Cl2NO2S/c1-19(22,13-23)10-9-16-7-6-15(25-16)4-2-3-11-24-14-5-8-17(20)18(21)12-14/h5-8,12,23H,3,9-11,13,22H2,1H3. The Hall–Kier alpha value is -1.22. The summed E-state index contributed by atoms with van der Waals surface area (Å²) in [5, 5.41) is 10.2. The lowest BCUT2D eigenvalue weighted by Crippen LogP contribution is -2.40. The topological polar surface area (TPSA) is 55.5 Å². The van der Waals surface area contributed by atoms with Gasteiger partial charge in [-0.05, 0) is 44.0 Å². The molecule has 0 aliphatic rings. The fraction of sp³-hybridized carbons (Fsp3) is 0.368. The zero-order valence-electron chi connectivity index (χ0n) is 14.0. The minimum Gasteiger partial charge on any atom is -0.493 e. The molecule has 134 valence electrons. The van der Waals surface area contributed by atoms with Crippen LogP contribution in [0.2, 0.25) is 10.0 Å². The van der Waals surface area contributed by atoms with E-state index in [0.29, 0.717) is 28.8 Å². The van der Waals surface area contributed by atoms with E-state index in [9.17, 15) is 5.11 Å². The summed E-state index contributed by atoms with van der Waals surface area (Å²) in [6.07, 6.45) is 2.22. The van der Waals surface area contributed by atoms with Crippen molar-refractivity contribution in [3.8, 4) is 17.6 Å². The lowest BCUT2D eigenvalue weighted by molar-refractivity contribution is 0.201. The van der Waals surface area contributed by atoms with Crippen LogP contribution in [-0.4, -0.2) is 23.9 Å². The lowest BCUT2D eigenvalue weighted by atomic mass is 9.98. The number of nitrogens with two attached hydrogens (primary N) is 1. The summed E-state index contributed by atoms with van der Waals surface area (Å²) in [6.45, 7) is 2.34. The summed E-state index contributed by atoms with van der Waals surface area (Å²) < 4.78 is 5.59. The Morgan fingerprint density at radius 3 is 2.76 bits per heavy atom. The highest BCUT2D eigenvalue weighted by molar-refractivity contribution is 7.12. The summed E-state index contributed by atoms with van der Waals surface area (Å²) in [6, 6.07) is 9.26. The highest BCUT2D eigenvalue weighted by Crippen LogP contribution is 2.26. The highest BCUT2D eigenvalue weighted by atomic mass is 35.5. The van der Waals surface area contributed by atoms with Crippen molar-refractivity contribution < 1.29 is 9.84 Å². The third-order valence-electron chi connectivity index (χ3n) is 3.56. The largest absolute Gasteiger partial charge is 0.493 e. The SMILES string of the molecule is CC(N)(CO)CCc1ccc(C#CCCOc2ccc(Cl)c(Cl)c2)s1. The fourth-order valence-electron chi connectivity index (χ4n) is 2.00. The summed E-state index contributed by atoms with van der Waals surface area (Å²) in [4.78, 5) is 2.24. The normalized spacial score (nSPS) is 13.0. The molecule has 2 aromatic rings. The van der Waals surface area contributed by atoms with Crippen molar-refractivity contribution in [2.24, 2.45) is 5.73 Å². The van der Waals surface area contributed by atoms with Gasteiger partial charge in [0.05, 0.1) is 28.1 Å². The molecule has 1 unspecified atom stereocenters. The Morgan fingerprint density at radius 2 is 2.04 bits per heavy atom. The van der Waals surface area contributed by atoms with E-state index in [4.69, 9.17) is 33.7 Å². The number of halogens is 2. The second kappa shape index (κ2) is 9.47. The van der Waals surface area contributed by atoms with Crippen LogP contribution in [0.4, 0.5) is 0 Å². The summed E-state index contributed by atoms with van der Waals surface area (Å²) in [5.41, 5.74) is 5.42. The molecule has 0 saturated carbocycles. The van der Waals surface area contributed by atoms with Gasteiger partial charge in [0.1, 0.15) is 5.75 Å². The first-order chi connectivity index (χ1) is 11.9. The molecule has 3 N–H and O–H groups in total. The van der Waals surface area contributed by atoms with Gasteiger partial charge in [0.2, 0.25) is 0 Å². The quantitative estimate of drug-likeness (QED) is 0.533. The molecule has 0 amide bonds. The van der Waals surface area contributed by atoms with E-state index in [-0.39, 0.29) is 6.61 Å². The summed E-state index contributed by atoms with van der Waals surface area (Å²) in [5.74, 6) is 6.93. The average molecular weight is 398 g/mol. The van der Waals surface area contributed by atoms with Crippen LogP contribution in [0.5, 0.6) is 5.75 Å². The van der Waals surface area contributed by atoms with Gasteiger partial charge in [-0.2, -0.15) is 0 Å². The number of thiophene rings is 1. The van der Waals surface area contributed by atoms with Gasteiger partial charge in [-0.3, -0.25) is 0 Å². The Morgan fingerprint density at radius 1 is 1.24 bits per heavy atom. The third-order valence-corrected chi connectivity index (χ3v) is 5.36. The van der Waals surface area contributed by atoms with Crippen LogP contribution in [0, 0.1) is 11.8 Å². The predicted octanol–water partition coefficient (Wildman–Crippen LogP) is 4.52. The smallest absolute Gasteiger partial charge is 0.120 e. The number of benzene rings is 1. The van der Waals surface area contributed by atoms with E-state index < -0.39 is 5.54 Å². The first-order valence-corrected chi connectivity index (χ1v) is 9.52. The predicted molar refractivity (Wildman–Crippen MR) is 106 cm³/mol. The monoisotopic (exact) mass is 397 g/mol. The Bertz CT molecular complexity index is 762. The van der Waals surface area contributed by atoms with Crippen molar-refractivity contribution in [3.63, 3.8) is 0 Å². The fourth-order valence-corrected chi connectivity index (χ4v) is 3.17. The van der Waals surface area contributed by atoms with Crippen LogP contribution >= 0.6 is 34.5 Å². The average Bonchev–Trinajstić information content (AvgIpc) is 3.04. The first-order valence-electron chi connectivity index (χ1n) is 7.95. The summed E-state index contributed by atoms with van der Waals surface area (Å²) >= 11 is 13.5. The maximum atomic E-state index is 9.19. The van der Waals surface area contributed by atoms with Crippen LogP contribution in [0.25, 0.3) is 0 Å². The molecule has 2 rings (SSSR count). The number of hydrogen-bond acceptors (Lipinski definition) is 4. The molecule has 0 aliphatic carbocycles. The van der Waals surface area contributed by atoms with Gasteiger partial charge in [0, 0.05) is 22.9 Å². The molecule has 0 saturated heterocycles. The lowest BCUT2D eigenvalue weighted by Gasteiger charge is -2.20. The molecule has 1 aromatic carbocycles. The Labute approximate surface area is 162 Å². The molecular weight excluding hydrogens is 377 g/mol. The van der Waals surface area contributed by atoms with Crippen molar-refractivity contribution in [2.75, 3.05) is 13.2 Å². The molecule has 25 heavy (non-hydrogen) atoms. The molecule has 0 bridgehead atoms. The van der Waals surface area contributed by atoms with Crippen LogP contribution in [0.15, 0.2) is 30.3 Å². The minimum absolute atomic E-state index is 0.0101. The first kappa shape index (κ1) is 20.1. The van der Waals surface area contributed by atoms with Crippen molar-refractivity contribution in [1.29, 1.82) is 0 Å². The number of rotatable bonds is 7. The maximum absolute atomic E-state index is 9.19. The van der Waals surface area contributed by atoms with Gasteiger partial charge < -0.3 is 15.6 Å². The van der Waals surface area contributed by atoms with E-state index in [1.165, 1.54) is 4.88 Å². The highest BCUT2D eigenvalue weighted by Gasteiger charge is 2.16. The third kappa shape index (κ3) is 6.89. The molecule has 1 atom stereocenters. The molecular formula is C19H21Cl2NO2S. The second-order valence-corrected chi connectivity index (χ2v) is 8.04. The summed E-state index contributed by atoms with van der Waals surface area (Å²) in [7, 11) is 0. The zero-order chi connectivity index (χ0) is 18.3. The van der Waals surface area contributed by atoms with Gasteiger partial charge in [-0.25, -0.2) is 0 Å². The number of hydrogen-bond donors (Lipinski definition) is 2. The second-order valence-electron chi connectivity index (χ2n) is 6.05. The van der Waals surface area contributed by atoms with Gasteiger partial charge in [-0.1, -0.05) is 35.0 Å². The van der Waals surface area contributed by atoms with Gasteiger partial charge in [0.25, 0.3) is 0 Å². The van der Waals surface area contributed by atoms with Crippen LogP contribution in [-0.2, 0) is 6.42 Å². The Balaban J connectivity index is 1.77. The molecule has 1 aromatic heterocycles. The van der Waals surface area contributed by atoms with Crippen LogP contribution in [0.1, 0.15) is 29.5 Å². The van der Waals surface area contributed by atoms with Crippen LogP contribution in [0.3, 0.4) is 0 Å². The molecule has 0 aliphatic heterocycles. The molecule has 6 heteroatoms. The maximum Gasteiger partial charge on any atom is 0.120 e. The molecule has 3 nitrogen and oxygen atoms in total. The van der Waals surface area contributed by atoms with E-state index in [1.54, 1.807) is 29.5 Å². The minimum atomic E-state index is -0.530. The van der Waals surface area contributed by atoms with Crippen molar-refractivity contribution in [1.82, 2.24) is 0 Å².